The van der Waals surface area contributed by atoms with Gasteiger partial charge in [-0.3, -0.25) is 0 Å². The first-order valence-corrected chi connectivity index (χ1v) is 11.2. The van der Waals surface area contributed by atoms with E-state index in [4.69, 9.17) is 21.3 Å². The number of morpholine rings is 1. The number of benzene rings is 2. The Bertz CT molecular complexity index is 1330. The molecule has 0 unspecified atom stereocenters. The molecule has 1 aliphatic rings. The van der Waals surface area contributed by atoms with E-state index in [0.717, 1.165) is 54.2 Å². The van der Waals surface area contributed by atoms with Crippen molar-refractivity contribution in [3.8, 4) is 11.3 Å². The molecule has 2 aromatic heterocycles. The predicted octanol–water partition coefficient (Wildman–Crippen LogP) is 4.71. The lowest BCUT2D eigenvalue weighted by atomic mass is 10.0. The topological polar surface area (TPSA) is 91.3 Å². The minimum Gasteiger partial charge on any atom is -0.478 e. The molecule has 2 aromatic carbocycles. The number of aromatic carboxylic acids is 1. The number of carboxylic acids is 1. The Labute approximate surface area is 196 Å². The van der Waals surface area contributed by atoms with Gasteiger partial charge in [-0.05, 0) is 42.3 Å². The van der Waals surface area contributed by atoms with Crippen LogP contribution in [0.2, 0.25) is 5.02 Å². The second kappa shape index (κ2) is 8.84. The van der Waals surface area contributed by atoms with Crippen molar-refractivity contribution in [2.45, 2.75) is 13.3 Å². The normalized spacial score (nSPS) is 14.1. The first-order valence-electron chi connectivity index (χ1n) is 10.8. The number of imidazole rings is 1. The van der Waals surface area contributed by atoms with Crippen LogP contribution in [0.25, 0.3) is 22.4 Å². The van der Waals surface area contributed by atoms with Gasteiger partial charge >= 0.3 is 5.97 Å². The average Bonchev–Trinajstić information content (AvgIpc) is 3.21. The van der Waals surface area contributed by atoms with E-state index in [-0.39, 0.29) is 0 Å². The van der Waals surface area contributed by atoms with Crippen LogP contribution in [0.3, 0.4) is 0 Å². The maximum Gasteiger partial charge on any atom is 0.335 e. The number of hydrogen-bond donors (Lipinski definition) is 2. The zero-order valence-corrected chi connectivity index (χ0v) is 18.9. The zero-order chi connectivity index (χ0) is 22.9. The van der Waals surface area contributed by atoms with Crippen molar-refractivity contribution in [1.29, 1.82) is 0 Å². The Hall–Kier alpha value is -3.42. The average molecular weight is 463 g/mol. The van der Waals surface area contributed by atoms with E-state index < -0.39 is 5.97 Å². The van der Waals surface area contributed by atoms with E-state index in [2.05, 4.69) is 27.0 Å². The smallest absolute Gasteiger partial charge is 0.335 e. The molecule has 1 fully saturated rings. The number of aryl methyl sites for hydroxylation is 1. The van der Waals surface area contributed by atoms with E-state index in [9.17, 15) is 9.90 Å². The third kappa shape index (κ3) is 4.42. The van der Waals surface area contributed by atoms with Crippen LogP contribution in [0, 0.1) is 6.92 Å². The number of carboxylic acid groups (broad SMARTS) is 1. The molecule has 4 aromatic rings. The van der Waals surface area contributed by atoms with Crippen LogP contribution < -0.4 is 4.90 Å². The van der Waals surface area contributed by atoms with Crippen molar-refractivity contribution in [1.82, 2.24) is 15.0 Å². The molecule has 1 aliphatic heterocycles. The molecular formula is C25H23ClN4O3. The number of pyridine rings is 1. The molecule has 0 spiro atoms. The summed E-state index contributed by atoms with van der Waals surface area (Å²) in [6.45, 7) is 5.04. The van der Waals surface area contributed by atoms with Crippen LogP contribution in [-0.4, -0.2) is 52.3 Å². The van der Waals surface area contributed by atoms with Crippen molar-refractivity contribution in [3.05, 3.63) is 76.1 Å². The molecule has 0 aliphatic carbocycles. The molecular weight excluding hydrogens is 440 g/mol. The number of nitrogens with zero attached hydrogens (tertiary/aromatic N) is 3. The van der Waals surface area contributed by atoms with Crippen molar-refractivity contribution in [2.24, 2.45) is 0 Å². The molecule has 0 saturated carbocycles. The summed E-state index contributed by atoms with van der Waals surface area (Å²) in [5, 5.41) is 9.92. The third-order valence-electron chi connectivity index (χ3n) is 5.90. The van der Waals surface area contributed by atoms with Gasteiger partial charge in [0.15, 0.2) is 5.65 Å². The van der Waals surface area contributed by atoms with Crippen LogP contribution in [-0.2, 0) is 11.2 Å². The number of carbonyl (C=O) groups is 1. The van der Waals surface area contributed by atoms with E-state index >= 15 is 0 Å². The van der Waals surface area contributed by atoms with Gasteiger partial charge in [0.05, 0.1) is 35.0 Å². The molecule has 0 amide bonds. The standard InChI is InChI=1S/C25H23ClN4O3/c1-15-2-3-16(12-19(15)25(31)32)13-22-27-21-14-20(26)23(29-24(21)28-22)17-4-6-18(7-5-17)30-8-10-33-11-9-30/h2-7,12,14H,8-11,13H2,1H3,(H,31,32)(H,27,28,29). The predicted molar refractivity (Wildman–Crippen MR) is 128 cm³/mol. The van der Waals surface area contributed by atoms with Gasteiger partial charge in [-0.15, -0.1) is 0 Å². The lowest BCUT2D eigenvalue weighted by Crippen LogP contribution is -2.36. The van der Waals surface area contributed by atoms with Crippen LogP contribution in [0.1, 0.15) is 27.3 Å². The minimum absolute atomic E-state index is 0.299. The van der Waals surface area contributed by atoms with Crippen molar-refractivity contribution < 1.29 is 14.6 Å². The van der Waals surface area contributed by atoms with Gasteiger partial charge in [-0.1, -0.05) is 35.9 Å². The molecule has 5 rings (SSSR count). The Kier molecular flexibility index (Phi) is 5.74. The van der Waals surface area contributed by atoms with Crippen molar-refractivity contribution in [2.75, 3.05) is 31.2 Å². The highest BCUT2D eigenvalue weighted by molar-refractivity contribution is 6.33. The third-order valence-corrected chi connectivity index (χ3v) is 6.18. The zero-order valence-electron chi connectivity index (χ0n) is 18.1. The molecule has 168 valence electrons. The highest BCUT2D eigenvalue weighted by Gasteiger charge is 2.15. The molecule has 1 saturated heterocycles. The minimum atomic E-state index is -0.934. The summed E-state index contributed by atoms with van der Waals surface area (Å²) < 4.78 is 5.43. The summed E-state index contributed by atoms with van der Waals surface area (Å²) >= 11 is 6.57. The summed E-state index contributed by atoms with van der Waals surface area (Å²) in [7, 11) is 0. The van der Waals surface area contributed by atoms with Gasteiger partial charge in [0, 0.05) is 30.8 Å². The monoisotopic (exact) mass is 462 g/mol. The van der Waals surface area contributed by atoms with Gasteiger partial charge in [0.25, 0.3) is 0 Å². The fraction of sp³-hybridized carbons (Fsp3) is 0.240. The van der Waals surface area contributed by atoms with E-state index in [1.165, 1.54) is 0 Å². The molecule has 2 N–H and O–H groups in total. The summed E-state index contributed by atoms with van der Waals surface area (Å²) in [5.74, 6) is -0.231. The summed E-state index contributed by atoms with van der Waals surface area (Å²) in [4.78, 5) is 26.3. The number of aromatic nitrogens is 3. The van der Waals surface area contributed by atoms with Crippen LogP contribution in [0.5, 0.6) is 0 Å². The quantitative estimate of drug-likeness (QED) is 0.446. The molecule has 0 radical (unpaired) electrons. The van der Waals surface area contributed by atoms with Gasteiger partial charge in [-0.2, -0.15) is 0 Å². The Morgan fingerprint density at radius 3 is 2.61 bits per heavy atom. The first kappa shape index (κ1) is 21.4. The van der Waals surface area contributed by atoms with E-state index in [1.807, 2.05) is 30.3 Å². The molecule has 7 nitrogen and oxygen atoms in total. The van der Waals surface area contributed by atoms with E-state index in [0.29, 0.717) is 34.2 Å². The molecule has 0 atom stereocenters. The second-order valence-corrected chi connectivity index (χ2v) is 8.56. The molecule has 0 bridgehead atoms. The maximum atomic E-state index is 11.4. The molecule has 8 heteroatoms. The first-order chi connectivity index (χ1) is 16.0. The lowest BCUT2D eigenvalue weighted by molar-refractivity contribution is 0.0696. The number of aromatic amines is 1. The Balaban J connectivity index is 1.41. The second-order valence-electron chi connectivity index (χ2n) is 8.15. The van der Waals surface area contributed by atoms with Crippen molar-refractivity contribution >= 4 is 34.4 Å². The van der Waals surface area contributed by atoms with Crippen LogP contribution in [0.4, 0.5) is 5.69 Å². The van der Waals surface area contributed by atoms with Crippen molar-refractivity contribution in [3.63, 3.8) is 0 Å². The van der Waals surface area contributed by atoms with Gasteiger partial charge < -0.3 is 19.7 Å². The summed E-state index contributed by atoms with van der Waals surface area (Å²) in [6, 6.07) is 15.5. The molecule has 3 heterocycles. The fourth-order valence-electron chi connectivity index (χ4n) is 4.11. The van der Waals surface area contributed by atoms with Gasteiger partial charge in [0.1, 0.15) is 5.82 Å². The van der Waals surface area contributed by atoms with E-state index in [1.54, 1.807) is 13.0 Å². The number of ether oxygens (including phenoxy) is 1. The number of halogens is 1. The highest BCUT2D eigenvalue weighted by atomic mass is 35.5. The summed E-state index contributed by atoms with van der Waals surface area (Å²) in [5.41, 5.74) is 5.97. The van der Waals surface area contributed by atoms with Crippen LogP contribution >= 0.6 is 11.6 Å². The number of nitrogens with one attached hydrogen (secondary N) is 1. The van der Waals surface area contributed by atoms with Gasteiger partial charge in [-0.25, -0.2) is 14.8 Å². The molecule has 33 heavy (non-hydrogen) atoms. The number of fused-ring (bicyclic) bond motifs is 1. The Morgan fingerprint density at radius 1 is 1.12 bits per heavy atom. The maximum absolute atomic E-state index is 11.4. The largest absolute Gasteiger partial charge is 0.478 e. The number of anilines is 1. The number of H-pyrrole nitrogens is 1. The summed E-state index contributed by atoms with van der Waals surface area (Å²) in [6.07, 6.45) is 0.470. The highest BCUT2D eigenvalue weighted by Crippen LogP contribution is 2.30. The Morgan fingerprint density at radius 2 is 1.88 bits per heavy atom. The lowest BCUT2D eigenvalue weighted by Gasteiger charge is -2.28. The van der Waals surface area contributed by atoms with Gasteiger partial charge in [0.2, 0.25) is 0 Å². The number of rotatable bonds is 5. The fourth-order valence-corrected chi connectivity index (χ4v) is 4.37. The number of hydrogen-bond acceptors (Lipinski definition) is 5. The van der Waals surface area contributed by atoms with Crippen LogP contribution in [0.15, 0.2) is 48.5 Å². The SMILES string of the molecule is Cc1ccc(Cc2nc3nc(-c4ccc(N5CCOCC5)cc4)c(Cl)cc3[nH]2)cc1C(=O)O.